The van der Waals surface area contributed by atoms with Crippen LogP contribution in [0.4, 0.5) is 0 Å². The summed E-state index contributed by atoms with van der Waals surface area (Å²) in [7, 11) is 0. The van der Waals surface area contributed by atoms with E-state index < -0.39 is 0 Å². The highest BCUT2D eigenvalue weighted by atomic mass is 16.1. The summed E-state index contributed by atoms with van der Waals surface area (Å²) in [4.78, 5) is 12.2. The van der Waals surface area contributed by atoms with Crippen LogP contribution in [0.1, 0.15) is 64.7 Å². The van der Waals surface area contributed by atoms with E-state index in [1.807, 2.05) is 0 Å². The van der Waals surface area contributed by atoms with E-state index in [1.54, 1.807) is 0 Å². The molecule has 104 valence electrons. The minimum absolute atomic E-state index is 0.0989. The van der Waals surface area contributed by atoms with Crippen LogP contribution in [0, 0.1) is 11.3 Å². The number of amides is 1. The van der Waals surface area contributed by atoms with Gasteiger partial charge in [-0.2, -0.15) is 0 Å². The number of carbonyl (C=O) groups excluding carboxylic acids is 1. The van der Waals surface area contributed by atoms with Crippen molar-refractivity contribution in [2.24, 2.45) is 17.1 Å². The molecule has 0 aromatic heterocycles. The number of nitrogens with one attached hydrogen (secondary N) is 1. The SMILES string of the molecule is CC(NC(=O)CC1(CN)CCCCC1)C1CCC1. The van der Waals surface area contributed by atoms with Crippen molar-refractivity contribution in [1.29, 1.82) is 0 Å². The third-order valence-electron chi connectivity index (χ3n) is 5.13. The summed E-state index contributed by atoms with van der Waals surface area (Å²) in [6.07, 6.45) is 10.6. The Balaban J connectivity index is 1.81. The zero-order chi connectivity index (χ0) is 13.0. The largest absolute Gasteiger partial charge is 0.353 e. The number of carbonyl (C=O) groups is 1. The molecule has 2 fully saturated rings. The third kappa shape index (κ3) is 3.25. The van der Waals surface area contributed by atoms with E-state index in [4.69, 9.17) is 5.73 Å². The van der Waals surface area contributed by atoms with Crippen molar-refractivity contribution >= 4 is 5.91 Å². The Hall–Kier alpha value is -0.570. The number of hydrogen-bond donors (Lipinski definition) is 2. The molecule has 2 aliphatic rings. The second-order valence-corrected chi connectivity index (χ2v) is 6.49. The van der Waals surface area contributed by atoms with E-state index in [2.05, 4.69) is 12.2 Å². The van der Waals surface area contributed by atoms with Crippen molar-refractivity contribution in [2.45, 2.75) is 70.8 Å². The normalized spacial score (nSPS) is 25.2. The predicted molar refractivity (Wildman–Crippen MR) is 74.1 cm³/mol. The highest BCUT2D eigenvalue weighted by Gasteiger charge is 2.34. The third-order valence-corrected chi connectivity index (χ3v) is 5.13. The number of rotatable bonds is 5. The Bertz CT molecular complexity index is 280. The summed E-state index contributed by atoms with van der Waals surface area (Å²) >= 11 is 0. The van der Waals surface area contributed by atoms with Gasteiger partial charge < -0.3 is 11.1 Å². The van der Waals surface area contributed by atoms with Crippen LogP contribution in [0.3, 0.4) is 0 Å². The summed E-state index contributed by atoms with van der Waals surface area (Å²) in [5.74, 6) is 0.941. The Morgan fingerprint density at radius 2 is 1.94 bits per heavy atom. The molecule has 3 heteroatoms. The molecule has 0 spiro atoms. The molecule has 1 unspecified atom stereocenters. The fraction of sp³-hybridized carbons (Fsp3) is 0.933. The molecule has 0 aromatic carbocycles. The second kappa shape index (κ2) is 6.05. The van der Waals surface area contributed by atoms with E-state index in [0.717, 1.165) is 12.8 Å². The summed E-state index contributed by atoms with van der Waals surface area (Å²) in [6, 6.07) is 0.352. The zero-order valence-corrected chi connectivity index (χ0v) is 11.7. The fourth-order valence-electron chi connectivity index (χ4n) is 3.46. The first-order valence-corrected chi connectivity index (χ1v) is 7.65. The molecule has 1 amide bonds. The standard InChI is InChI=1S/C15H28N2O/c1-12(13-6-5-7-13)17-14(18)10-15(11-16)8-3-2-4-9-15/h12-13H,2-11,16H2,1H3,(H,17,18). The van der Waals surface area contributed by atoms with Crippen molar-refractivity contribution < 1.29 is 4.79 Å². The Labute approximate surface area is 111 Å². The van der Waals surface area contributed by atoms with Crippen molar-refractivity contribution in [3.05, 3.63) is 0 Å². The van der Waals surface area contributed by atoms with Gasteiger partial charge in [0.15, 0.2) is 0 Å². The highest BCUT2D eigenvalue weighted by Crippen LogP contribution is 2.38. The molecule has 2 aliphatic carbocycles. The van der Waals surface area contributed by atoms with Gasteiger partial charge in [-0.05, 0) is 50.5 Å². The molecule has 3 nitrogen and oxygen atoms in total. The topological polar surface area (TPSA) is 55.1 Å². The molecule has 0 radical (unpaired) electrons. The van der Waals surface area contributed by atoms with Crippen LogP contribution in [0.2, 0.25) is 0 Å². The first-order valence-electron chi connectivity index (χ1n) is 7.65. The van der Waals surface area contributed by atoms with Crippen LogP contribution in [-0.2, 0) is 4.79 Å². The van der Waals surface area contributed by atoms with Crippen molar-refractivity contribution in [3.8, 4) is 0 Å². The molecule has 3 N–H and O–H groups in total. The van der Waals surface area contributed by atoms with Crippen LogP contribution in [0.5, 0.6) is 0 Å². The molecule has 0 saturated heterocycles. The van der Waals surface area contributed by atoms with Crippen LogP contribution in [0.15, 0.2) is 0 Å². The maximum absolute atomic E-state index is 12.2. The number of hydrogen-bond acceptors (Lipinski definition) is 2. The monoisotopic (exact) mass is 252 g/mol. The van der Waals surface area contributed by atoms with Gasteiger partial charge in [0.1, 0.15) is 0 Å². The van der Waals surface area contributed by atoms with Crippen molar-refractivity contribution in [2.75, 3.05) is 6.54 Å². The fourth-order valence-corrected chi connectivity index (χ4v) is 3.46. The average Bonchev–Trinajstić information content (AvgIpc) is 2.27. The van der Waals surface area contributed by atoms with Gasteiger partial charge >= 0.3 is 0 Å². The average molecular weight is 252 g/mol. The molecule has 18 heavy (non-hydrogen) atoms. The minimum atomic E-state index is 0.0989. The summed E-state index contributed by atoms with van der Waals surface area (Å²) in [5.41, 5.74) is 6.03. The summed E-state index contributed by atoms with van der Waals surface area (Å²) in [6.45, 7) is 2.82. The van der Waals surface area contributed by atoms with Gasteiger partial charge in [0.05, 0.1) is 0 Å². The first-order chi connectivity index (χ1) is 8.65. The van der Waals surface area contributed by atoms with Crippen molar-refractivity contribution in [1.82, 2.24) is 5.32 Å². The lowest BCUT2D eigenvalue weighted by molar-refractivity contribution is -0.125. The van der Waals surface area contributed by atoms with Gasteiger partial charge in [0.25, 0.3) is 0 Å². The van der Waals surface area contributed by atoms with E-state index in [1.165, 1.54) is 38.5 Å². The van der Waals surface area contributed by atoms with E-state index in [0.29, 0.717) is 24.9 Å². The molecule has 0 heterocycles. The number of nitrogens with two attached hydrogens (primary N) is 1. The molecular formula is C15H28N2O. The van der Waals surface area contributed by atoms with E-state index in [-0.39, 0.29) is 11.3 Å². The van der Waals surface area contributed by atoms with Gasteiger partial charge in [-0.3, -0.25) is 4.79 Å². The molecule has 0 aromatic rings. The maximum atomic E-state index is 12.2. The van der Waals surface area contributed by atoms with E-state index in [9.17, 15) is 4.79 Å². The highest BCUT2D eigenvalue weighted by molar-refractivity contribution is 5.77. The van der Waals surface area contributed by atoms with Crippen LogP contribution < -0.4 is 11.1 Å². The quantitative estimate of drug-likeness (QED) is 0.790. The first kappa shape index (κ1) is 13.9. The minimum Gasteiger partial charge on any atom is -0.353 e. The van der Waals surface area contributed by atoms with Crippen LogP contribution in [-0.4, -0.2) is 18.5 Å². The van der Waals surface area contributed by atoms with Crippen LogP contribution in [0.25, 0.3) is 0 Å². The van der Waals surface area contributed by atoms with Gasteiger partial charge in [0, 0.05) is 12.5 Å². The van der Waals surface area contributed by atoms with Crippen molar-refractivity contribution in [3.63, 3.8) is 0 Å². The lowest BCUT2D eigenvalue weighted by Crippen LogP contribution is -2.44. The summed E-state index contributed by atoms with van der Waals surface area (Å²) in [5, 5.41) is 3.19. The molecule has 1 atom stereocenters. The molecule has 0 bridgehead atoms. The second-order valence-electron chi connectivity index (χ2n) is 6.49. The van der Waals surface area contributed by atoms with Gasteiger partial charge in [-0.15, -0.1) is 0 Å². The van der Waals surface area contributed by atoms with E-state index >= 15 is 0 Å². The van der Waals surface area contributed by atoms with Gasteiger partial charge in [-0.25, -0.2) is 0 Å². The summed E-state index contributed by atoms with van der Waals surface area (Å²) < 4.78 is 0. The predicted octanol–water partition coefficient (Wildman–Crippen LogP) is 2.59. The van der Waals surface area contributed by atoms with Gasteiger partial charge in [-0.1, -0.05) is 25.7 Å². The molecular weight excluding hydrogens is 224 g/mol. The smallest absolute Gasteiger partial charge is 0.220 e. The Morgan fingerprint density at radius 1 is 1.28 bits per heavy atom. The van der Waals surface area contributed by atoms with Gasteiger partial charge in [0.2, 0.25) is 5.91 Å². The lowest BCUT2D eigenvalue weighted by Gasteiger charge is -2.37. The molecule has 2 saturated carbocycles. The lowest BCUT2D eigenvalue weighted by atomic mass is 9.71. The Kier molecular flexibility index (Phi) is 4.66. The Morgan fingerprint density at radius 3 is 2.44 bits per heavy atom. The molecule has 0 aliphatic heterocycles. The van der Waals surface area contributed by atoms with Crippen LogP contribution >= 0.6 is 0 Å². The molecule has 2 rings (SSSR count). The zero-order valence-electron chi connectivity index (χ0n) is 11.7. The maximum Gasteiger partial charge on any atom is 0.220 e.